The van der Waals surface area contributed by atoms with Crippen molar-refractivity contribution in [1.82, 2.24) is 0 Å². The van der Waals surface area contributed by atoms with Crippen LogP contribution in [0.2, 0.25) is 0 Å². The van der Waals surface area contributed by atoms with Crippen LogP contribution in [0.25, 0.3) is 0 Å². The van der Waals surface area contributed by atoms with Crippen LogP contribution in [0.3, 0.4) is 0 Å². The van der Waals surface area contributed by atoms with Crippen LogP contribution in [0.15, 0.2) is 22.7 Å². The molecule has 0 atom stereocenters. The molecule has 1 aliphatic rings. The summed E-state index contributed by atoms with van der Waals surface area (Å²) in [6, 6.07) is 6.10. The molecule has 1 nitrogen and oxygen atoms in total. The molecule has 0 aliphatic heterocycles. The maximum atomic E-state index is 10.2. The van der Waals surface area contributed by atoms with Crippen molar-refractivity contribution in [3.05, 3.63) is 33.8 Å². The predicted octanol–water partition coefficient (Wildman–Crippen LogP) is 3.13. The molecule has 2 rings (SSSR count). The Labute approximate surface area is 86.9 Å². The smallest absolute Gasteiger partial charge is 0.0899 e. The molecule has 70 valence electrons. The summed E-state index contributed by atoms with van der Waals surface area (Å²) < 4.78 is 1.05. The van der Waals surface area contributed by atoms with Gasteiger partial charge in [-0.25, -0.2) is 0 Å². The Hall–Kier alpha value is -0.340. The number of aliphatic hydroxyl groups is 1. The zero-order chi connectivity index (χ0) is 9.47. The molecule has 0 bridgehead atoms. The molecule has 1 fully saturated rings. The van der Waals surface area contributed by atoms with E-state index in [-0.39, 0.29) is 0 Å². The van der Waals surface area contributed by atoms with Gasteiger partial charge in [-0.2, -0.15) is 0 Å². The van der Waals surface area contributed by atoms with Crippen LogP contribution < -0.4 is 0 Å². The summed E-state index contributed by atoms with van der Waals surface area (Å²) in [5.41, 5.74) is 1.74. The normalized spacial score (nSPS) is 19.6. The summed E-state index contributed by atoms with van der Waals surface area (Å²) in [4.78, 5) is 0. The largest absolute Gasteiger partial charge is 0.385 e. The van der Waals surface area contributed by atoms with E-state index in [1.165, 1.54) is 5.56 Å². The Morgan fingerprint density at radius 3 is 2.62 bits per heavy atom. The van der Waals surface area contributed by atoms with E-state index < -0.39 is 5.60 Å². The van der Waals surface area contributed by atoms with Gasteiger partial charge in [0.25, 0.3) is 0 Å². The van der Waals surface area contributed by atoms with Crippen molar-refractivity contribution in [2.24, 2.45) is 0 Å². The lowest BCUT2D eigenvalue weighted by molar-refractivity contribution is -0.0393. The fraction of sp³-hybridized carbons (Fsp3) is 0.455. The predicted molar refractivity (Wildman–Crippen MR) is 56.6 cm³/mol. The Kier molecular flexibility index (Phi) is 2.20. The van der Waals surface area contributed by atoms with Crippen molar-refractivity contribution in [2.75, 3.05) is 0 Å². The molecule has 1 aromatic rings. The number of halogens is 1. The van der Waals surface area contributed by atoms with Crippen LogP contribution >= 0.6 is 15.9 Å². The van der Waals surface area contributed by atoms with Crippen LogP contribution in [-0.2, 0) is 5.60 Å². The molecule has 0 unspecified atom stereocenters. The minimum atomic E-state index is -0.534. The molecule has 0 radical (unpaired) electrons. The molecule has 0 spiro atoms. The summed E-state index contributed by atoms with van der Waals surface area (Å²) >= 11 is 3.43. The monoisotopic (exact) mass is 240 g/mol. The van der Waals surface area contributed by atoms with Gasteiger partial charge in [0.05, 0.1) is 5.60 Å². The van der Waals surface area contributed by atoms with E-state index in [1.807, 2.05) is 12.1 Å². The minimum Gasteiger partial charge on any atom is -0.385 e. The molecule has 1 N–H and O–H groups in total. The van der Waals surface area contributed by atoms with Crippen molar-refractivity contribution < 1.29 is 5.11 Å². The molecular formula is C11H13BrO. The summed E-state index contributed by atoms with van der Waals surface area (Å²) in [6.07, 6.45) is 2.96. The van der Waals surface area contributed by atoms with Gasteiger partial charge in [-0.15, -0.1) is 0 Å². The van der Waals surface area contributed by atoms with E-state index in [0.717, 1.165) is 29.3 Å². The van der Waals surface area contributed by atoms with E-state index in [9.17, 15) is 5.11 Å². The Bertz CT molecular complexity index is 329. The molecule has 0 amide bonds. The van der Waals surface area contributed by atoms with Crippen molar-refractivity contribution in [3.63, 3.8) is 0 Å². The highest BCUT2D eigenvalue weighted by Crippen LogP contribution is 2.42. The Morgan fingerprint density at radius 2 is 2.08 bits per heavy atom. The summed E-state index contributed by atoms with van der Waals surface area (Å²) in [7, 11) is 0. The van der Waals surface area contributed by atoms with Crippen LogP contribution in [-0.4, -0.2) is 5.11 Å². The van der Waals surface area contributed by atoms with Gasteiger partial charge in [-0.1, -0.05) is 22.0 Å². The second-order valence-corrected chi connectivity index (χ2v) is 4.76. The molecule has 1 aliphatic carbocycles. The van der Waals surface area contributed by atoms with Gasteiger partial charge in [0.1, 0.15) is 0 Å². The lowest BCUT2D eigenvalue weighted by Crippen LogP contribution is -2.34. The van der Waals surface area contributed by atoms with Gasteiger partial charge < -0.3 is 5.11 Å². The number of aryl methyl sites for hydroxylation is 1. The number of hydrogen-bond donors (Lipinski definition) is 1. The highest BCUT2D eigenvalue weighted by atomic mass is 79.9. The van der Waals surface area contributed by atoms with Gasteiger partial charge in [-0.05, 0) is 49.4 Å². The van der Waals surface area contributed by atoms with E-state index >= 15 is 0 Å². The topological polar surface area (TPSA) is 20.2 Å². The minimum absolute atomic E-state index is 0.534. The highest BCUT2D eigenvalue weighted by Gasteiger charge is 2.37. The maximum absolute atomic E-state index is 10.2. The molecular weight excluding hydrogens is 228 g/mol. The molecule has 13 heavy (non-hydrogen) atoms. The third kappa shape index (κ3) is 1.53. The van der Waals surface area contributed by atoms with E-state index in [0.29, 0.717) is 0 Å². The van der Waals surface area contributed by atoms with E-state index in [4.69, 9.17) is 0 Å². The summed E-state index contributed by atoms with van der Waals surface area (Å²) in [5, 5.41) is 10.2. The summed E-state index contributed by atoms with van der Waals surface area (Å²) in [6.45, 7) is 2.05. The molecule has 0 heterocycles. The fourth-order valence-electron chi connectivity index (χ4n) is 1.88. The Balaban J connectivity index is 2.43. The van der Waals surface area contributed by atoms with Gasteiger partial charge in [0, 0.05) is 4.47 Å². The lowest BCUT2D eigenvalue weighted by Gasteiger charge is -2.38. The van der Waals surface area contributed by atoms with Crippen LogP contribution in [0.5, 0.6) is 0 Å². The first-order chi connectivity index (χ1) is 6.12. The number of hydrogen-bond acceptors (Lipinski definition) is 1. The second-order valence-electron chi connectivity index (χ2n) is 3.84. The standard InChI is InChI=1S/C11H13BrO/c1-8-3-4-9(12)7-10(8)11(13)5-2-6-11/h3-4,7,13H,2,5-6H2,1H3. The van der Waals surface area contributed by atoms with Crippen molar-refractivity contribution in [2.45, 2.75) is 31.8 Å². The first kappa shape index (κ1) is 9.22. The number of rotatable bonds is 1. The highest BCUT2D eigenvalue weighted by molar-refractivity contribution is 9.10. The van der Waals surface area contributed by atoms with E-state index in [2.05, 4.69) is 28.9 Å². The first-order valence-corrected chi connectivity index (χ1v) is 5.40. The van der Waals surface area contributed by atoms with Crippen LogP contribution in [0, 0.1) is 6.92 Å². The van der Waals surface area contributed by atoms with Crippen molar-refractivity contribution in [1.29, 1.82) is 0 Å². The van der Waals surface area contributed by atoms with Gasteiger partial charge >= 0.3 is 0 Å². The van der Waals surface area contributed by atoms with E-state index in [1.54, 1.807) is 0 Å². The molecule has 2 heteroatoms. The average molecular weight is 241 g/mol. The maximum Gasteiger partial charge on any atom is 0.0899 e. The molecule has 1 aromatic carbocycles. The van der Waals surface area contributed by atoms with Gasteiger partial charge in [0.15, 0.2) is 0 Å². The molecule has 1 saturated carbocycles. The first-order valence-electron chi connectivity index (χ1n) is 4.61. The van der Waals surface area contributed by atoms with Crippen LogP contribution in [0.1, 0.15) is 30.4 Å². The zero-order valence-corrected chi connectivity index (χ0v) is 9.26. The van der Waals surface area contributed by atoms with Crippen molar-refractivity contribution in [3.8, 4) is 0 Å². The molecule has 0 aromatic heterocycles. The number of benzene rings is 1. The van der Waals surface area contributed by atoms with Crippen LogP contribution in [0.4, 0.5) is 0 Å². The zero-order valence-electron chi connectivity index (χ0n) is 7.68. The third-order valence-corrected chi connectivity index (χ3v) is 3.37. The average Bonchev–Trinajstić information content (AvgIpc) is 2.05. The quantitative estimate of drug-likeness (QED) is 0.800. The third-order valence-electron chi connectivity index (χ3n) is 2.88. The second kappa shape index (κ2) is 3.10. The SMILES string of the molecule is Cc1ccc(Br)cc1C1(O)CCC1. The Morgan fingerprint density at radius 1 is 1.38 bits per heavy atom. The fourth-order valence-corrected chi connectivity index (χ4v) is 2.24. The van der Waals surface area contributed by atoms with Crippen molar-refractivity contribution >= 4 is 15.9 Å². The van der Waals surface area contributed by atoms with Gasteiger partial charge in [0.2, 0.25) is 0 Å². The van der Waals surface area contributed by atoms with Gasteiger partial charge in [-0.3, -0.25) is 0 Å². The lowest BCUT2D eigenvalue weighted by atomic mass is 9.74. The summed E-state index contributed by atoms with van der Waals surface area (Å²) in [5.74, 6) is 0. The molecule has 0 saturated heterocycles.